The van der Waals surface area contributed by atoms with Crippen LogP contribution in [0.25, 0.3) is 0 Å². The van der Waals surface area contributed by atoms with Crippen LogP contribution < -0.4 is 10.6 Å². The molecule has 0 saturated carbocycles. The van der Waals surface area contributed by atoms with Crippen molar-refractivity contribution in [3.05, 3.63) is 34.9 Å². The Morgan fingerprint density at radius 3 is 2.57 bits per heavy atom. The van der Waals surface area contributed by atoms with Gasteiger partial charge in [0.05, 0.1) is 0 Å². The first-order valence-corrected chi connectivity index (χ1v) is 7.53. The minimum absolute atomic E-state index is 0.117. The highest BCUT2D eigenvalue weighted by Crippen LogP contribution is 2.17. The van der Waals surface area contributed by atoms with Crippen LogP contribution in [-0.2, 0) is 4.74 Å². The first-order chi connectivity index (χ1) is 9.67. The molecule has 0 fully saturated rings. The van der Waals surface area contributed by atoms with Crippen LogP contribution in [0.15, 0.2) is 24.3 Å². The lowest BCUT2D eigenvalue weighted by Gasteiger charge is -2.23. The highest BCUT2D eigenvalue weighted by Gasteiger charge is 2.17. The molecule has 4 nitrogen and oxygen atoms in total. The summed E-state index contributed by atoms with van der Waals surface area (Å²) in [5.74, 6) is 0. The molecule has 0 spiro atoms. The molecule has 0 aliphatic rings. The number of amides is 1. The van der Waals surface area contributed by atoms with Gasteiger partial charge in [0.1, 0.15) is 5.60 Å². The summed E-state index contributed by atoms with van der Waals surface area (Å²) in [6.07, 6.45) is -0.397. The Morgan fingerprint density at radius 1 is 1.33 bits per heavy atom. The van der Waals surface area contributed by atoms with E-state index in [1.807, 2.05) is 52.0 Å². The summed E-state index contributed by atoms with van der Waals surface area (Å²) >= 11 is 5.99. The highest BCUT2D eigenvalue weighted by atomic mass is 35.5. The number of hydrogen-bond donors (Lipinski definition) is 2. The van der Waals surface area contributed by atoms with Gasteiger partial charge in [0, 0.05) is 23.7 Å². The summed E-state index contributed by atoms with van der Waals surface area (Å²) in [6.45, 7) is 10.1. The Bertz CT molecular complexity index is 472. The molecule has 2 atom stereocenters. The predicted molar refractivity (Wildman–Crippen MR) is 86.7 cm³/mol. The van der Waals surface area contributed by atoms with Crippen molar-refractivity contribution in [1.82, 2.24) is 10.6 Å². The van der Waals surface area contributed by atoms with Crippen molar-refractivity contribution >= 4 is 17.7 Å². The van der Waals surface area contributed by atoms with Gasteiger partial charge in [-0.15, -0.1) is 0 Å². The van der Waals surface area contributed by atoms with Gasteiger partial charge in [0.25, 0.3) is 0 Å². The van der Waals surface area contributed by atoms with Gasteiger partial charge in [0.2, 0.25) is 0 Å². The van der Waals surface area contributed by atoms with E-state index in [0.29, 0.717) is 6.54 Å². The van der Waals surface area contributed by atoms with Crippen molar-refractivity contribution in [3.8, 4) is 0 Å². The molecule has 118 valence electrons. The van der Waals surface area contributed by atoms with Gasteiger partial charge >= 0.3 is 6.09 Å². The van der Waals surface area contributed by atoms with E-state index in [1.165, 1.54) is 0 Å². The summed E-state index contributed by atoms with van der Waals surface area (Å²) in [5.41, 5.74) is 0.640. The normalized spacial score (nSPS) is 14.4. The number of hydrogen-bond acceptors (Lipinski definition) is 3. The second kappa shape index (κ2) is 7.66. The van der Waals surface area contributed by atoms with E-state index in [9.17, 15) is 4.79 Å². The Hall–Kier alpha value is -1.26. The molecule has 0 heterocycles. The summed E-state index contributed by atoms with van der Waals surface area (Å²) in [7, 11) is 0. The smallest absolute Gasteiger partial charge is 0.407 e. The summed E-state index contributed by atoms with van der Waals surface area (Å²) in [4.78, 5) is 11.6. The maximum atomic E-state index is 11.6. The third-order valence-corrected chi connectivity index (χ3v) is 3.07. The van der Waals surface area contributed by atoms with E-state index in [-0.39, 0.29) is 12.1 Å². The minimum atomic E-state index is -0.477. The molecule has 5 heteroatoms. The third-order valence-electron chi connectivity index (χ3n) is 2.83. The van der Waals surface area contributed by atoms with Crippen molar-refractivity contribution in [2.45, 2.75) is 52.3 Å². The minimum Gasteiger partial charge on any atom is -0.444 e. The molecular weight excluding hydrogens is 288 g/mol. The lowest BCUT2D eigenvalue weighted by molar-refractivity contribution is 0.0522. The van der Waals surface area contributed by atoms with Crippen molar-refractivity contribution < 1.29 is 9.53 Å². The van der Waals surface area contributed by atoms with Crippen LogP contribution in [0.1, 0.15) is 46.2 Å². The molecule has 2 N–H and O–H groups in total. The molecular formula is C16H25ClN2O2. The van der Waals surface area contributed by atoms with Crippen LogP contribution in [0.2, 0.25) is 5.02 Å². The fourth-order valence-corrected chi connectivity index (χ4v) is 2.11. The number of benzene rings is 1. The fourth-order valence-electron chi connectivity index (χ4n) is 1.91. The second-order valence-electron chi connectivity index (χ2n) is 6.23. The van der Waals surface area contributed by atoms with Gasteiger partial charge in [0.15, 0.2) is 0 Å². The molecule has 1 aromatic carbocycles. The maximum absolute atomic E-state index is 11.6. The predicted octanol–water partition coefficient (Wildman–Crippen LogP) is 3.90. The topological polar surface area (TPSA) is 50.4 Å². The molecule has 0 radical (unpaired) electrons. The standard InChI is InChI=1S/C16H25ClN2O2/c1-11(10-18-15(20)21-16(3,4)5)19-12(2)13-7-6-8-14(17)9-13/h6-9,11-12,19H,10H2,1-5H3,(H,18,20). The van der Waals surface area contributed by atoms with E-state index >= 15 is 0 Å². The molecule has 0 aliphatic carbocycles. The lowest BCUT2D eigenvalue weighted by Crippen LogP contribution is -2.41. The largest absolute Gasteiger partial charge is 0.444 e. The average Bonchev–Trinajstić information content (AvgIpc) is 2.34. The van der Waals surface area contributed by atoms with Gasteiger partial charge in [-0.2, -0.15) is 0 Å². The first kappa shape index (κ1) is 17.8. The molecule has 21 heavy (non-hydrogen) atoms. The quantitative estimate of drug-likeness (QED) is 0.867. The molecule has 0 aromatic heterocycles. The summed E-state index contributed by atoms with van der Waals surface area (Å²) in [6, 6.07) is 8.01. The molecule has 0 bridgehead atoms. The third kappa shape index (κ3) is 7.34. The second-order valence-corrected chi connectivity index (χ2v) is 6.66. The van der Waals surface area contributed by atoms with Crippen LogP contribution >= 0.6 is 11.6 Å². The van der Waals surface area contributed by atoms with E-state index in [4.69, 9.17) is 16.3 Å². The van der Waals surface area contributed by atoms with Crippen molar-refractivity contribution in [2.75, 3.05) is 6.54 Å². The van der Waals surface area contributed by atoms with E-state index < -0.39 is 11.7 Å². The Morgan fingerprint density at radius 2 is 2.00 bits per heavy atom. The molecule has 1 aromatic rings. The number of carbonyl (C=O) groups excluding carboxylic acids is 1. The zero-order valence-electron chi connectivity index (χ0n) is 13.4. The van der Waals surface area contributed by atoms with Gasteiger partial charge < -0.3 is 15.4 Å². The summed E-state index contributed by atoms with van der Waals surface area (Å²) < 4.78 is 5.20. The highest BCUT2D eigenvalue weighted by molar-refractivity contribution is 6.30. The summed E-state index contributed by atoms with van der Waals surface area (Å²) in [5, 5.41) is 6.89. The molecule has 1 rings (SSSR count). The van der Waals surface area contributed by atoms with E-state index in [0.717, 1.165) is 10.6 Å². The zero-order valence-corrected chi connectivity index (χ0v) is 14.1. The van der Waals surface area contributed by atoms with Gasteiger partial charge in [-0.05, 0) is 52.3 Å². The van der Waals surface area contributed by atoms with Crippen LogP contribution in [0.4, 0.5) is 4.79 Å². The maximum Gasteiger partial charge on any atom is 0.407 e. The SMILES string of the molecule is CC(CNC(=O)OC(C)(C)C)NC(C)c1cccc(Cl)c1. The van der Waals surface area contributed by atoms with E-state index in [1.54, 1.807) is 0 Å². The Kier molecular flexibility index (Phi) is 6.49. The van der Waals surface area contributed by atoms with Gasteiger partial charge in [-0.3, -0.25) is 0 Å². The molecule has 0 saturated heterocycles. The number of halogens is 1. The molecule has 0 aliphatic heterocycles. The van der Waals surface area contributed by atoms with Gasteiger partial charge in [-0.25, -0.2) is 4.79 Å². The van der Waals surface area contributed by atoms with Crippen molar-refractivity contribution in [3.63, 3.8) is 0 Å². The van der Waals surface area contributed by atoms with Crippen LogP contribution in [0.3, 0.4) is 0 Å². The number of nitrogens with one attached hydrogen (secondary N) is 2. The molecule has 2 unspecified atom stereocenters. The number of alkyl carbamates (subject to hydrolysis) is 1. The number of carbonyl (C=O) groups is 1. The van der Waals surface area contributed by atoms with Gasteiger partial charge in [-0.1, -0.05) is 23.7 Å². The lowest BCUT2D eigenvalue weighted by atomic mass is 10.1. The van der Waals surface area contributed by atoms with Crippen LogP contribution in [0, 0.1) is 0 Å². The molecule has 1 amide bonds. The average molecular weight is 313 g/mol. The van der Waals surface area contributed by atoms with E-state index in [2.05, 4.69) is 17.6 Å². The zero-order chi connectivity index (χ0) is 16.0. The number of rotatable bonds is 5. The van der Waals surface area contributed by atoms with Crippen LogP contribution in [0.5, 0.6) is 0 Å². The van der Waals surface area contributed by atoms with Crippen molar-refractivity contribution in [2.24, 2.45) is 0 Å². The first-order valence-electron chi connectivity index (χ1n) is 7.16. The Labute approximate surface area is 132 Å². The van der Waals surface area contributed by atoms with Crippen molar-refractivity contribution in [1.29, 1.82) is 0 Å². The fraction of sp³-hybridized carbons (Fsp3) is 0.562. The monoisotopic (exact) mass is 312 g/mol. The number of ether oxygens (including phenoxy) is 1. The van der Waals surface area contributed by atoms with Crippen LogP contribution in [-0.4, -0.2) is 24.3 Å². The Balaban J connectivity index is 2.40.